The Balaban J connectivity index is 1.88. The Morgan fingerprint density at radius 2 is 1.70 bits per heavy atom. The van der Waals surface area contributed by atoms with Gasteiger partial charge in [0.05, 0.1) is 18.2 Å². The summed E-state index contributed by atoms with van der Waals surface area (Å²) >= 11 is 0. The van der Waals surface area contributed by atoms with E-state index in [4.69, 9.17) is 4.74 Å². The molecule has 3 aromatic rings. The lowest BCUT2D eigenvalue weighted by Gasteiger charge is -2.26. The molecule has 6 heteroatoms. The van der Waals surface area contributed by atoms with Crippen LogP contribution in [0, 0.1) is 6.92 Å². The molecule has 0 radical (unpaired) electrons. The number of likely N-dealkylation sites (tertiary alicyclic amines) is 1. The molecule has 1 heterocycles. The molecular weight excluding hydrogens is 418 g/mol. The summed E-state index contributed by atoms with van der Waals surface area (Å²) in [4.78, 5) is 27.7. The van der Waals surface area contributed by atoms with Gasteiger partial charge in [-0.1, -0.05) is 66.2 Å². The molecular formula is C27H25NO5. The predicted molar refractivity (Wildman–Crippen MR) is 125 cm³/mol. The van der Waals surface area contributed by atoms with Crippen molar-refractivity contribution in [2.75, 3.05) is 6.61 Å². The summed E-state index contributed by atoms with van der Waals surface area (Å²) in [6.45, 7) is 4.25. The van der Waals surface area contributed by atoms with E-state index in [1.54, 1.807) is 31.2 Å². The third-order valence-corrected chi connectivity index (χ3v) is 5.66. The van der Waals surface area contributed by atoms with Gasteiger partial charge in [0.15, 0.2) is 11.5 Å². The maximum Gasteiger partial charge on any atom is 0.295 e. The number of carbonyl (C=O) groups excluding carboxylic acids is 2. The number of ether oxygens (including phenoxy) is 1. The molecule has 6 nitrogen and oxygen atoms in total. The van der Waals surface area contributed by atoms with Crippen molar-refractivity contribution in [2.45, 2.75) is 26.4 Å². The number of aliphatic hydroxyl groups excluding tert-OH is 1. The quantitative estimate of drug-likeness (QED) is 0.327. The number of amides is 1. The predicted octanol–water partition coefficient (Wildman–Crippen LogP) is 4.72. The lowest BCUT2D eigenvalue weighted by molar-refractivity contribution is -0.140. The molecule has 0 aromatic heterocycles. The van der Waals surface area contributed by atoms with Gasteiger partial charge in [0.1, 0.15) is 5.76 Å². The smallest absolute Gasteiger partial charge is 0.295 e. The van der Waals surface area contributed by atoms with Crippen LogP contribution in [0.5, 0.6) is 11.5 Å². The second kappa shape index (κ2) is 9.20. The van der Waals surface area contributed by atoms with E-state index in [1.165, 1.54) is 11.0 Å². The zero-order valence-corrected chi connectivity index (χ0v) is 18.5. The molecule has 0 spiro atoms. The SMILES string of the molecule is CCOc1cc(C2/C(=C(\O)c3ccc(C)cc3)C(=O)C(=O)N2Cc2ccccc2)ccc1O. The third-order valence-electron chi connectivity index (χ3n) is 5.66. The topological polar surface area (TPSA) is 87.1 Å². The highest BCUT2D eigenvalue weighted by atomic mass is 16.5. The third kappa shape index (κ3) is 4.32. The van der Waals surface area contributed by atoms with Gasteiger partial charge in [-0.05, 0) is 37.1 Å². The number of ketones is 1. The number of hydrogen-bond acceptors (Lipinski definition) is 5. The summed E-state index contributed by atoms with van der Waals surface area (Å²) < 4.78 is 5.52. The minimum atomic E-state index is -0.841. The van der Waals surface area contributed by atoms with Gasteiger partial charge in [-0.2, -0.15) is 0 Å². The Labute approximate surface area is 192 Å². The van der Waals surface area contributed by atoms with E-state index in [2.05, 4.69) is 0 Å². The van der Waals surface area contributed by atoms with Crippen LogP contribution >= 0.6 is 0 Å². The molecule has 1 unspecified atom stereocenters. The number of phenols is 1. The number of rotatable bonds is 6. The van der Waals surface area contributed by atoms with Gasteiger partial charge < -0.3 is 19.8 Å². The first kappa shape index (κ1) is 22.1. The van der Waals surface area contributed by atoms with Crippen LogP contribution in [0.3, 0.4) is 0 Å². The van der Waals surface area contributed by atoms with Crippen molar-refractivity contribution >= 4 is 17.4 Å². The van der Waals surface area contributed by atoms with Crippen LogP contribution in [0.25, 0.3) is 5.76 Å². The Hall–Kier alpha value is -4.06. The number of carbonyl (C=O) groups is 2. The van der Waals surface area contributed by atoms with E-state index in [1.807, 2.05) is 49.4 Å². The lowest BCUT2D eigenvalue weighted by atomic mass is 9.94. The molecule has 33 heavy (non-hydrogen) atoms. The van der Waals surface area contributed by atoms with Crippen LogP contribution in [-0.4, -0.2) is 33.4 Å². The highest BCUT2D eigenvalue weighted by molar-refractivity contribution is 6.46. The summed E-state index contributed by atoms with van der Waals surface area (Å²) in [7, 11) is 0. The largest absolute Gasteiger partial charge is 0.507 e. The molecule has 1 atom stereocenters. The van der Waals surface area contributed by atoms with Crippen LogP contribution in [0.2, 0.25) is 0 Å². The number of aromatic hydroxyl groups is 1. The van der Waals surface area contributed by atoms with Crippen LogP contribution in [0.1, 0.15) is 35.2 Å². The van der Waals surface area contributed by atoms with Crippen molar-refractivity contribution in [3.8, 4) is 11.5 Å². The Bertz CT molecular complexity index is 1220. The summed E-state index contributed by atoms with van der Waals surface area (Å²) in [6, 6.07) is 20.3. The van der Waals surface area contributed by atoms with Gasteiger partial charge in [-0.15, -0.1) is 0 Å². The van der Waals surface area contributed by atoms with Gasteiger partial charge in [0.25, 0.3) is 11.7 Å². The molecule has 2 N–H and O–H groups in total. The Kier molecular flexibility index (Phi) is 6.18. The molecule has 1 amide bonds. The zero-order chi connectivity index (χ0) is 23.5. The van der Waals surface area contributed by atoms with E-state index < -0.39 is 17.7 Å². The molecule has 4 rings (SSSR count). The summed E-state index contributed by atoms with van der Waals surface area (Å²) in [5.74, 6) is -1.47. The van der Waals surface area contributed by atoms with E-state index in [0.29, 0.717) is 17.7 Å². The van der Waals surface area contributed by atoms with Crippen LogP contribution < -0.4 is 4.74 Å². The van der Waals surface area contributed by atoms with Crippen molar-refractivity contribution in [2.24, 2.45) is 0 Å². The van der Waals surface area contributed by atoms with Crippen LogP contribution in [0.4, 0.5) is 0 Å². The number of hydrogen-bond donors (Lipinski definition) is 2. The van der Waals surface area contributed by atoms with Crippen LogP contribution in [0.15, 0.2) is 78.4 Å². The second-order valence-electron chi connectivity index (χ2n) is 7.94. The van der Waals surface area contributed by atoms with Gasteiger partial charge in [0, 0.05) is 12.1 Å². The van der Waals surface area contributed by atoms with E-state index in [0.717, 1.165) is 11.1 Å². The molecule has 0 bridgehead atoms. The molecule has 0 saturated carbocycles. The molecule has 1 aliphatic heterocycles. The van der Waals surface area contributed by atoms with Crippen molar-refractivity contribution in [3.05, 3.63) is 101 Å². The minimum absolute atomic E-state index is 0.00734. The number of Topliss-reactive ketones (excluding diaryl/α,β-unsaturated/α-hetero) is 1. The lowest BCUT2D eigenvalue weighted by Crippen LogP contribution is -2.29. The van der Waals surface area contributed by atoms with Crippen molar-refractivity contribution < 1.29 is 24.5 Å². The first-order valence-corrected chi connectivity index (χ1v) is 10.8. The van der Waals surface area contributed by atoms with Crippen molar-refractivity contribution in [1.29, 1.82) is 0 Å². The number of aryl methyl sites for hydroxylation is 1. The van der Waals surface area contributed by atoms with E-state index in [9.17, 15) is 19.8 Å². The first-order valence-electron chi connectivity index (χ1n) is 10.8. The standard InChI is InChI=1S/C27H25NO5/c1-3-33-22-15-20(13-14-21(22)29)24-23(25(30)19-11-9-17(2)10-12-19)26(31)27(32)28(24)16-18-7-5-4-6-8-18/h4-15,24,29-30H,3,16H2,1-2H3/b25-23+. The molecule has 0 aliphatic carbocycles. The fraction of sp³-hybridized carbons (Fsp3) is 0.185. The average Bonchev–Trinajstić information content (AvgIpc) is 3.06. The summed E-state index contributed by atoms with van der Waals surface area (Å²) in [6.07, 6.45) is 0. The highest BCUT2D eigenvalue weighted by Crippen LogP contribution is 2.42. The monoisotopic (exact) mass is 443 g/mol. The number of phenolic OH excluding ortho intramolecular Hbond substituents is 1. The second-order valence-corrected chi connectivity index (χ2v) is 7.94. The molecule has 1 fully saturated rings. The number of benzene rings is 3. The maximum atomic E-state index is 13.2. The molecule has 3 aromatic carbocycles. The highest BCUT2D eigenvalue weighted by Gasteiger charge is 2.46. The van der Waals surface area contributed by atoms with Crippen molar-refractivity contribution in [3.63, 3.8) is 0 Å². The van der Waals surface area contributed by atoms with E-state index >= 15 is 0 Å². The van der Waals surface area contributed by atoms with Gasteiger partial charge in [-0.25, -0.2) is 0 Å². The fourth-order valence-electron chi connectivity index (χ4n) is 4.01. The summed E-state index contributed by atoms with van der Waals surface area (Å²) in [5.41, 5.74) is 2.87. The van der Waals surface area contributed by atoms with Crippen LogP contribution in [-0.2, 0) is 16.1 Å². The number of aliphatic hydroxyl groups is 1. The molecule has 1 saturated heterocycles. The molecule has 1 aliphatic rings. The fourth-order valence-corrected chi connectivity index (χ4v) is 4.01. The summed E-state index contributed by atoms with van der Waals surface area (Å²) in [5, 5.41) is 21.3. The van der Waals surface area contributed by atoms with E-state index in [-0.39, 0.29) is 29.4 Å². The average molecular weight is 443 g/mol. The maximum absolute atomic E-state index is 13.2. The van der Waals surface area contributed by atoms with Crippen molar-refractivity contribution in [1.82, 2.24) is 4.90 Å². The zero-order valence-electron chi connectivity index (χ0n) is 18.5. The minimum Gasteiger partial charge on any atom is -0.507 e. The Morgan fingerprint density at radius 1 is 1.00 bits per heavy atom. The van der Waals surface area contributed by atoms with Gasteiger partial charge >= 0.3 is 0 Å². The van der Waals surface area contributed by atoms with Gasteiger partial charge in [0.2, 0.25) is 0 Å². The first-order chi connectivity index (χ1) is 15.9. The van der Waals surface area contributed by atoms with Gasteiger partial charge in [-0.3, -0.25) is 9.59 Å². The Morgan fingerprint density at radius 3 is 2.36 bits per heavy atom. The molecule has 168 valence electrons. The normalized spacial score (nSPS) is 17.4. The number of nitrogens with zero attached hydrogens (tertiary/aromatic N) is 1.